The number of hydrogen-bond donors (Lipinski definition) is 2. The molecular formula is C17H15F6NO. The van der Waals surface area contributed by atoms with Crippen molar-refractivity contribution in [3.63, 3.8) is 0 Å². The molecule has 0 spiro atoms. The van der Waals surface area contributed by atoms with E-state index in [9.17, 15) is 31.4 Å². The minimum atomic E-state index is -4.96. The highest BCUT2D eigenvalue weighted by atomic mass is 19.4. The van der Waals surface area contributed by atoms with Crippen molar-refractivity contribution in [2.75, 3.05) is 0 Å². The van der Waals surface area contributed by atoms with Gasteiger partial charge in [-0.05, 0) is 29.3 Å². The van der Waals surface area contributed by atoms with Gasteiger partial charge >= 0.3 is 12.4 Å². The minimum Gasteiger partial charge on any atom is -0.391 e. The minimum absolute atomic E-state index is 0.000394. The highest BCUT2D eigenvalue weighted by Crippen LogP contribution is 2.37. The molecule has 0 aromatic heterocycles. The van der Waals surface area contributed by atoms with Crippen molar-refractivity contribution in [1.82, 2.24) is 0 Å². The molecule has 2 aromatic rings. The maximum Gasteiger partial charge on any atom is 0.416 e. The van der Waals surface area contributed by atoms with Crippen LogP contribution in [0, 0.1) is 0 Å². The van der Waals surface area contributed by atoms with Crippen molar-refractivity contribution in [1.29, 1.82) is 0 Å². The van der Waals surface area contributed by atoms with Gasteiger partial charge in [0.1, 0.15) is 0 Å². The molecule has 0 heterocycles. The molecule has 2 aromatic carbocycles. The molecule has 25 heavy (non-hydrogen) atoms. The van der Waals surface area contributed by atoms with Gasteiger partial charge in [0.05, 0.1) is 23.3 Å². The number of benzene rings is 2. The predicted octanol–water partition coefficient (Wildman–Crippen LogP) is 4.33. The first-order chi connectivity index (χ1) is 11.5. The van der Waals surface area contributed by atoms with Crippen molar-refractivity contribution >= 4 is 0 Å². The fourth-order valence-electron chi connectivity index (χ4n) is 2.38. The van der Waals surface area contributed by atoms with Gasteiger partial charge < -0.3 is 10.8 Å². The Balaban J connectivity index is 2.36. The van der Waals surface area contributed by atoms with Gasteiger partial charge in [-0.1, -0.05) is 30.3 Å². The Morgan fingerprint density at radius 1 is 0.840 bits per heavy atom. The first kappa shape index (κ1) is 19.3. The summed E-state index contributed by atoms with van der Waals surface area (Å²) in [5, 5.41) is 10.1. The molecule has 0 aliphatic carbocycles. The Labute approximate surface area is 139 Å². The van der Waals surface area contributed by atoms with E-state index in [1.807, 2.05) is 0 Å². The summed E-state index contributed by atoms with van der Waals surface area (Å²) in [6.07, 6.45) is -11.3. The Kier molecular flexibility index (Phi) is 5.43. The molecule has 0 amide bonds. The van der Waals surface area contributed by atoms with Gasteiger partial charge in [-0.2, -0.15) is 26.3 Å². The lowest BCUT2D eigenvalue weighted by Crippen LogP contribution is -2.29. The van der Waals surface area contributed by atoms with Crippen molar-refractivity contribution in [2.24, 2.45) is 5.73 Å². The van der Waals surface area contributed by atoms with E-state index in [0.717, 1.165) is 0 Å². The van der Waals surface area contributed by atoms with E-state index in [0.29, 0.717) is 17.7 Å². The molecular weight excluding hydrogens is 348 g/mol. The molecule has 0 bridgehead atoms. The molecule has 3 N–H and O–H groups in total. The molecule has 0 aliphatic heterocycles. The van der Waals surface area contributed by atoms with E-state index >= 15 is 0 Å². The molecule has 136 valence electrons. The Hall–Kier alpha value is -2.06. The van der Waals surface area contributed by atoms with Crippen LogP contribution in [0.5, 0.6) is 0 Å². The molecule has 0 saturated carbocycles. The summed E-state index contributed by atoms with van der Waals surface area (Å²) in [5.74, 6) is 0. The van der Waals surface area contributed by atoms with Crippen molar-refractivity contribution in [3.8, 4) is 0 Å². The molecule has 0 radical (unpaired) electrons. The Bertz CT molecular complexity index is 679. The van der Waals surface area contributed by atoms with Gasteiger partial charge in [0.2, 0.25) is 0 Å². The van der Waals surface area contributed by atoms with Crippen LogP contribution in [-0.4, -0.2) is 11.2 Å². The van der Waals surface area contributed by atoms with E-state index in [4.69, 9.17) is 5.73 Å². The van der Waals surface area contributed by atoms with Crippen LogP contribution < -0.4 is 5.73 Å². The van der Waals surface area contributed by atoms with Crippen LogP contribution in [0.1, 0.15) is 28.3 Å². The zero-order chi connectivity index (χ0) is 18.8. The lowest BCUT2D eigenvalue weighted by Gasteiger charge is -2.22. The third-order valence-corrected chi connectivity index (χ3v) is 3.70. The predicted molar refractivity (Wildman–Crippen MR) is 79.5 cm³/mol. The average Bonchev–Trinajstić information content (AvgIpc) is 2.53. The molecule has 8 heteroatoms. The molecule has 0 aliphatic rings. The van der Waals surface area contributed by atoms with Gasteiger partial charge in [-0.3, -0.25) is 0 Å². The third-order valence-electron chi connectivity index (χ3n) is 3.70. The molecule has 0 saturated heterocycles. The zero-order valence-electron chi connectivity index (χ0n) is 12.8. The van der Waals surface area contributed by atoms with Crippen molar-refractivity contribution in [2.45, 2.75) is 30.9 Å². The Morgan fingerprint density at radius 3 is 1.76 bits per heavy atom. The maximum absolute atomic E-state index is 12.9. The third kappa shape index (κ3) is 4.96. The highest BCUT2D eigenvalue weighted by molar-refractivity contribution is 5.36. The molecule has 0 fully saturated rings. The van der Waals surface area contributed by atoms with Crippen LogP contribution >= 0.6 is 0 Å². The summed E-state index contributed by atoms with van der Waals surface area (Å²) in [4.78, 5) is 0. The quantitative estimate of drug-likeness (QED) is 0.795. The number of nitrogens with two attached hydrogens (primary N) is 1. The zero-order valence-corrected chi connectivity index (χ0v) is 12.8. The van der Waals surface area contributed by atoms with Gasteiger partial charge in [0, 0.05) is 6.42 Å². The van der Waals surface area contributed by atoms with Gasteiger partial charge in [0.25, 0.3) is 0 Å². The number of aliphatic hydroxyl groups is 1. The summed E-state index contributed by atoms with van der Waals surface area (Å²) >= 11 is 0. The molecule has 0 unspecified atom stereocenters. The topological polar surface area (TPSA) is 46.2 Å². The van der Waals surface area contributed by atoms with E-state index in [-0.39, 0.29) is 12.5 Å². The fourth-order valence-corrected chi connectivity index (χ4v) is 2.38. The van der Waals surface area contributed by atoms with E-state index < -0.39 is 41.2 Å². The Morgan fingerprint density at radius 2 is 1.32 bits per heavy atom. The monoisotopic (exact) mass is 363 g/mol. The smallest absolute Gasteiger partial charge is 0.391 e. The number of rotatable bonds is 4. The highest BCUT2D eigenvalue weighted by Gasteiger charge is 2.37. The number of halogens is 6. The number of aliphatic hydroxyl groups excluding tert-OH is 1. The fraction of sp³-hybridized carbons (Fsp3) is 0.294. The summed E-state index contributed by atoms with van der Waals surface area (Å²) in [7, 11) is 0. The standard InChI is InChI=1S/C17H15F6NO/c18-16(19,20)12-7-11(8-13(9-12)17(21,22)23)15(24)14(25)6-10-4-2-1-3-5-10/h1-5,7-9,14-15,25H,6,24H2/t14-,15+/m0/s1. The lowest BCUT2D eigenvalue weighted by atomic mass is 9.93. The summed E-state index contributed by atoms with van der Waals surface area (Å²) < 4.78 is 77.3. The van der Waals surface area contributed by atoms with E-state index in [1.54, 1.807) is 30.3 Å². The first-order valence-electron chi connectivity index (χ1n) is 7.25. The molecule has 2 rings (SSSR count). The van der Waals surface area contributed by atoms with Gasteiger partial charge in [0.15, 0.2) is 0 Å². The molecule has 2 nitrogen and oxygen atoms in total. The van der Waals surface area contributed by atoms with Crippen LogP contribution in [0.2, 0.25) is 0 Å². The van der Waals surface area contributed by atoms with Gasteiger partial charge in [-0.15, -0.1) is 0 Å². The number of alkyl halides is 6. The SMILES string of the molecule is N[C@H](c1cc(C(F)(F)F)cc(C(F)(F)F)c1)[C@@H](O)Cc1ccccc1. The van der Waals surface area contributed by atoms with E-state index in [2.05, 4.69) is 0 Å². The maximum atomic E-state index is 12.9. The van der Waals surface area contributed by atoms with Gasteiger partial charge in [-0.25, -0.2) is 0 Å². The van der Waals surface area contributed by atoms with Crippen molar-refractivity contribution in [3.05, 3.63) is 70.8 Å². The van der Waals surface area contributed by atoms with Crippen molar-refractivity contribution < 1.29 is 31.4 Å². The van der Waals surface area contributed by atoms with Crippen LogP contribution in [-0.2, 0) is 18.8 Å². The lowest BCUT2D eigenvalue weighted by molar-refractivity contribution is -0.143. The average molecular weight is 363 g/mol. The van der Waals surface area contributed by atoms with Crippen LogP contribution in [0.3, 0.4) is 0 Å². The van der Waals surface area contributed by atoms with Crippen LogP contribution in [0.15, 0.2) is 48.5 Å². The summed E-state index contributed by atoms with van der Waals surface area (Å²) in [6, 6.07) is 8.16. The first-order valence-corrected chi connectivity index (χ1v) is 7.25. The second-order valence-corrected chi connectivity index (χ2v) is 5.62. The van der Waals surface area contributed by atoms with Crippen LogP contribution in [0.25, 0.3) is 0 Å². The van der Waals surface area contributed by atoms with E-state index in [1.165, 1.54) is 0 Å². The number of hydrogen-bond acceptors (Lipinski definition) is 2. The van der Waals surface area contributed by atoms with Crippen LogP contribution in [0.4, 0.5) is 26.3 Å². The normalized spacial score (nSPS) is 15.0. The second kappa shape index (κ2) is 7.05. The second-order valence-electron chi connectivity index (χ2n) is 5.62. The largest absolute Gasteiger partial charge is 0.416 e. The summed E-state index contributed by atoms with van der Waals surface area (Å²) in [5.41, 5.74) is 3.04. The molecule has 2 atom stereocenters. The summed E-state index contributed by atoms with van der Waals surface area (Å²) in [6.45, 7) is 0.